The number of ether oxygens (including phenoxy) is 2. The second-order valence-electron chi connectivity index (χ2n) is 18.5. The van der Waals surface area contributed by atoms with E-state index in [2.05, 4.69) is 52.5 Å². The molecule has 3 aromatic rings. The van der Waals surface area contributed by atoms with Crippen molar-refractivity contribution in [1.29, 1.82) is 0 Å². The number of rotatable bonds is 11. The number of aliphatic hydroxyl groups is 1. The Morgan fingerprint density at radius 3 is 2.44 bits per heavy atom. The van der Waals surface area contributed by atoms with Gasteiger partial charge in [0.05, 0.1) is 43.1 Å². The van der Waals surface area contributed by atoms with E-state index < -0.39 is 126 Å². The molecular formula is C47H59N11O13. The van der Waals surface area contributed by atoms with Gasteiger partial charge in [0.15, 0.2) is 12.3 Å². The highest BCUT2D eigenvalue weighted by molar-refractivity contribution is 5.95. The van der Waals surface area contributed by atoms with E-state index >= 15 is 0 Å². The van der Waals surface area contributed by atoms with Gasteiger partial charge >= 0.3 is 5.97 Å². The highest BCUT2D eigenvalue weighted by Crippen LogP contribution is 2.59. The number of imidazole rings is 1. The molecule has 71 heavy (non-hydrogen) atoms. The molecule has 9 unspecified atom stereocenters. The van der Waals surface area contributed by atoms with Gasteiger partial charge in [-0.3, -0.25) is 33.6 Å². The van der Waals surface area contributed by atoms with Crippen LogP contribution in [0.4, 0.5) is 5.69 Å². The number of carbonyl (C=O) groups excluding carboxylic acids is 8. The van der Waals surface area contributed by atoms with Crippen LogP contribution in [0, 0.1) is 5.92 Å². The van der Waals surface area contributed by atoms with Gasteiger partial charge in [-0.2, -0.15) is 0 Å². The number of nitrogens with zero attached hydrogens (tertiary/aromatic N) is 1. The van der Waals surface area contributed by atoms with E-state index in [-0.39, 0.29) is 49.8 Å². The Morgan fingerprint density at radius 1 is 0.986 bits per heavy atom. The first kappa shape index (κ1) is 51.3. The van der Waals surface area contributed by atoms with Crippen molar-refractivity contribution in [3.63, 3.8) is 0 Å². The van der Waals surface area contributed by atoms with E-state index in [1.165, 1.54) is 19.4 Å². The molecule has 24 heteroatoms. The van der Waals surface area contributed by atoms with Crippen LogP contribution in [0.25, 0.3) is 0 Å². The fraction of sp³-hybridized carbons (Fsp3) is 0.489. The van der Waals surface area contributed by atoms with Gasteiger partial charge in [-0.1, -0.05) is 32.9 Å². The minimum absolute atomic E-state index is 0.00463. The number of carboxylic acids is 1. The Kier molecular flexibility index (Phi) is 15.3. The first-order valence-corrected chi connectivity index (χ1v) is 23.3. The van der Waals surface area contributed by atoms with Gasteiger partial charge in [-0.05, 0) is 73.4 Å². The Labute approximate surface area is 407 Å². The number of para-hydroxylation sites is 1. The van der Waals surface area contributed by atoms with E-state index in [4.69, 9.17) is 15.2 Å². The lowest BCUT2D eigenvalue weighted by atomic mass is 9.70. The van der Waals surface area contributed by atoms with Crippen molar-refractivity contribution in [1.82, 2.24) is 47.2 Å². The number of nitrogens with two attached hydrogens (primary N) is 1. The van der Waals surface area contributed by atoms with Crippen LogP contribution in [-0.2, 0) is 61.4 Å². The van der Waals surface area contributed by atoms with Crippen molar-refractivity contribution in [2.75, 3.05) is 25.0 Å². The zero-order chi connectivity index (χ0) is 51.4. The molecule has 0 aliphatic carbocycles. The van der Waals surface area contributed by atoms with Crippen molar-refractivity contribution in [2.24, 2.45) is 11.7 Å². The number of benzene rings is 2. The number of anilines is 1. The molecule has 7 rings (SSSR count). The SMILES string of the molecule is CCC(=O)NC1C[C@@]23c4cccc(c4NC2Oc2c4cc(cc23)C(O)C(C(=O)NCC=O)NC(=O)C(NC(=O)C(N)Cc2cnc[nH]2)CC(C)C4)OC(C)(CC)C(C(=O)O)NC(=O)CNC(=O)CNC1=O. The second kappa shape index (κ2) is 21.2. The number of aromatic amines is 1. The van der Waals surface area contributed by atoms with Crippen LogP contribution in [0.3, 0.4) is 0 Å². The standard InChI is InChI=1S/C47H59N11O13/c1-5-32(60)54-30-17-47-26-8-7-9-31(71-46(4,6-2)39(44(68)69)56-34(62)20-51-33(61)19-52-41(30)65)35(26)58-45(47)70-38-24-12-22(3)13-29(55-40(64)28(48)16-25-18-49-21-53-25)42(66)57-36(43(67)50-10-11-59)37(63)23(14-24)15-27(38)47/h7-9,11,14-15,18,21-22,28-30,36-37,39,45,58,63H,5-6,10,12-13,16-17,19-20,48H2,1-4H3,(H,49,53)(H,50,67)(H,51,61)(H,52,65)(H,54,60)(H,55,64)(H,56,62)(H,57,66)(H,68,69)/t22?,28?,29?,30?,36?,37?,39?,45?,46?,47-/m0/s1. The monoisotopic (exact) mass is 985 g/mol. The third-order valence-electron chi connectivity index (χ3n) is 13.5. The van der Waals surface area contributed by atoms with E-state index in [1.807, 2.05) is 6.92 Å². The molecule has 7 amide bonds. The summed E-state index contributed by atoms with van der Waals surface area (Å²) < 4.78 is 13.5. The van der Waals surface area contributed by atoms with E-state index in [9.17, 15) is 53.4 Å². The van der Waals surface area contributed by atoms with Gasteiger partial charge in [0, 0.05) is 30.3 Å². The molecule has 5 heterocycles. The van der Waals surface area contributed by atoms with Crippen molar-refractivity contribution < 1.29 is 62.8 Å². The largest absolute Gasteiger partial charge is 0.483 e. The Bertz CT molecular complexity index is 2590. The van der Waals surface area contributed by atoms with Gasteiger partial charge in [0.25, 0.3) is 0 Å². The summed E-state index contributed by atoms with van der Waals surface area (Å²) in [7, 11) is 0. The average Bonchev–Trinajstić information content (AvgIpc) is 4.05. The number of hydrogen-bond donors (Lipinski definition) is 12. The minimum atomic E-state index is -1.83. The van der Waals surface area contributed by atoms with Crippen molar-refractivity contribution in [3.8, 4) is 11.5 Å². The molecule has 13 N–H and O–H groups in total. The van der Waals surface area contributed by atoms with Crippen LogP contribution >= 0.6 is 0 Å². The Balaban J connectivity index is 1.40. The number of H-pyrrole nitrogens is 1. The summed E-state index contributed by atoms with van der Waals surface area (Å²) in [5.74, 6) is -6.82. The van der Waals surface area contributed by atoms with Crippen LogP contribution < -0.4 is 57.7 Å². The van der Waals surface area contributed by atoms with Gasteiger partial charge < -0.3 is 77.7 Å². The number of hydrogen-bond acceptors (Lipinski definition) is 15. The van der Waals surface area contributed by atoms with Crippen LogP contribution in [-0.4, -0.2) is 135 Å². The molecule has 4 aliphatic heterocycles. The number of aliphatic hydroxyl groups excluding tert-OH is 1. The molecule has 0 saturated carbocycles. The minimum Gasteiger partial charge on any atom is -0.483 e. The Morgan fingerprint density at radius 2 is 1.75 bits per heavy atom. The summed E-state index contributed by atoms with van der Waals surface area (Å²) in [4.78, 5) is 126. The molecule has 10 atom stereocenters. The maximum absolute atomic E-state index is 14.3. The van der Waals surface area contributed by atoms with Crippen molar-refractivity contribution in [2.45, 2.75) is 120 Å². The molecule has 4 aliphatic rings. The Hall–Kier alpha value is -7.60. The molecule has 380 valence electrons. The fourth-order valence-corrected chi connectivity index (χ4v) is 9.62. The van der Waals surface area contributed by atoms with Gasteiger partial charge in [0.2, 0.25) is 41.4 Å². The molecule has 0 fully saturated rings. The topological polar surface area (TPSA) is 363 Å². The maximum Gasteiger partial charge on any atom is 0.330 e. The lowest BCUT2D eigenvalue weighted by Crippen LogP contribution is -2.59. The predicted octanol–water partition coefficient (Wildman–Crippen LogP) is -2.04. The molecule has 2 aromatic carbocycles. The van der Waals surface area contributed by atoms with Gasteiger partial charge in [-0.25, -0.2) is 9.78 Å². The van der Waals surface area contributed by atoms with Crippen LogP contribution in [0.5, 0.6) is 11.5 Å². The predicted molar refractivity (Wildman–Crippen MR) is 249 cm³/mol. The summed E-state index contributed by atoms with van der Waals surface area (Å²) in [6.07, 6.45) is 0.386. The summed E-state index contributed by atoms with van der Waals surface area (Å²) in [5.41, 5.74) is 5.41. The van der Waals surface area contributed by atoms with Crippen LogP contribution in [0.15, 0.2) is 42.9 Å². The summed E-state index contributed by atoms with van der Waals surface area (Å²) >= 11 is 0. The lowest BCUT2D eigenvalue weighted by Gasteiger charge is -2.36. The highest BCUT2D eigenvalue weighted by Gasteiger charge is 2.59. The summed E-state index contributed by atoms with van der Waals surface area (Å²) in [6.45, 7) is 4.85. The average molecular weight is 986 g/mol. The van der Waals surface area contributed by atoms with Crippen molar-refractivity contribution in [3.05, 3.63) is 70.8 Å². The second-order valence-corrected chi connectivity index (χ2v) is 18.5. The summed E-state index contributed by atoms with van der Waals surface area (Å²) in [6, 6.07) is 0.970. The number of carboxylic acid groups (broad SMARTS) is 1. The molecule has 0 saturated heterocycles. The number of amides is 7. The zero-order valence-electron chi connectivity index (χ0n) is 39.5. The van der Waals surface area contributed by atoms with Crippen LogP contribution in [0.1, 0.15) is 87.4 Å². The smallest absolute Gasteiger partial charge is 0.330 e. The zero-order valence-corrected chi connectivity index (χ0v) is 39.5. The van der Waals surface area contributed by atoms with E-state index in [1.54, 1.807) is 44.2 Å². The first-order valence-electron chi connectivity index (χ1n) is 23.3. The number of fused-ring (bicyclic) bond motifs is 4. The molecule has 1 spiro atoms. The number of aliphatic carboxylic acids is 1. The molecule has 1 aromatic heterocycles. The molecule has 6 bridgehead atoms. The normalized spacial score (nSPS) is 27.8. The van der Waals surface area contributed by atoms with Crippen molar-refractivity contribution >= 4 is 59.3 Å². The summed E-state index contributed by atoms with van der Waals surface area (Å²) in [5, 5.41) is 44.1. The van der Waals surface area contributed by atoms with E-state index in [0.717, 1.165) is 0 Å². The van der Waals surface area contributed by atoms with E-state index in [0.29, 0.717) is 40.1 Å². The maximum atomic E-state index is 14.3. The fourth-order valence-electron chi connectivity index (χ4n) is 9.62. The molecular weight excluding hydrogens is 927 g/mol. The number of carbonyl (C=O) groups is 9. The van der Waals surface area contributed by atoms with Crippen LogP contribution in [0.2, 0.25) is 0 Å². The molecule has 24 nitrogen and oxygen atoms in total. The lowest BCUT2D eigenvalue weighted by molar-refractivity contribution is -0.148. The number of aldehydes is 1. The van der Waals surface area contributed by atoms with Gasteiger partial charge in [-0.15, -0.1) is 0 Å². The number of aromatic nitrogens is 2. The highest BCUT2D eigenvalue weighted by atomic mass is 16.5. The quantitative estimate of drug-likeness (QED) is 0.0921. The van der Waals surface area contributed by atoms with Gasteiger partial charge in [0.1, 0.15) is 47.6 Å². The number of nitrogens with one attached hydrogen (secondary N) is 9. The first-order chi connectivity index (χ1) is 33.8. The molecule has 0 radical (unpaired) electrons. The third kappa shape index (κ3) is 10.6. The third-order valence-corrected chi connectivity index (χ3v) is 13.5.